The van der Waals surface area contributed by atoms with Crippen molar-refractivity contribution in [1.82, 2.24) is 9.97 Å². The predicted octanol–water partition coefficient (Wildman–Crippen LogP) is 3.61. The smallest absolute Gasteiger partial charge is 0.164 e. The first kappa shape index (κ1) is 17.1. The van der Waals surface area contributed by atoms with Crippen molar-refractivity contribution >= 4 is 17.3 Å². The van der Waals surface area contributed by atoms with Crippen molar-refractivity contribution in [3.05, 3.63) is 65.2 Å². The molecule has 27 heavy (non-hydrogen) atoms. The molecule has 0 bridgehead atoms. The molecule has 0 spiro atoms. The highest BCUT2D eigenvalue weighted by atomic mass is 19.1. The van der Waals surface area contributed by atoms with E-state index in [-0.39, 0.29) is 5.69 Å². The minimum Gasteiger partial charge on any atom is -0.486 e. The summed E-state index contributed by atoms with van der Waals surface area (Å²) < 4.78 is 25.5. The Labute approximate surface area is 156 Å². The number of halogens is 1. The number of nitrogens with two attached hydrogens (primary N) is 1. The molecule has 1 aromatic carbocycles. The fourth-order valence-electron chi connectivity index (χ4n) is 2.95. The summed E-state index contributed by atoms with van der Waals surface area (Å²) in [7, 11) is 0. The molecule has 4 rings (SSSR count). The van der Waals surface area contributed by atoms with E-state index in [2.05, 4.69) is 15.3 Å². The first-order valence-corrected chi connectivity index (χ1v) is 8.61. The van der Waals surface area contributed by atoms with Gasteiger partial charge in [0, 0.05) is 36.5 Å². The van der Waals surface area contributed by atoms with E-state index in [0.29, 0.717) is 42.8 Å². The van der Waals surface area contributed by atoms with Gasteiger partial charge in [-0.05, 0) is 30.2 Å². The van der Waals surface area contributed by atoms with Crippen molar-refractivity contribution in [1.29, 1.82) is 0 Å². The van der Waals surface area contributed by atoms with Gasteiger partial charge in [0.1, 0.15) is 24.8 Å². The van der Waals surface area contributed by atoms with Gasteiger partial charge in [-0.2, -0.15) is 0 Å². The zero-order chi connectivity index (χ0) is 18.8. The monoisotopic (exact) mass is 366 g/mol. The summed E-state index contributed by atoms with van der Waals surface area (Å²) in [5, 5.41) is 3.10. The average Bonchev–Trinajstić information content (AvgIpc) is 2.66. The van der Waals surface area contributed by atoms with Crippen molar-refractivity contribution in [2.75, 3.05) is 24.3 Å². The minimum atomic E-state index is -0.428. The standard InChI is InChI=1S/C20H19FN4O2/c1-12-4-5-23-20(14(12)8-13-2-3-19(22)24-11-13)25-16-10-18-17(9-15(16)21)26-6-7-27-18/h2-5,9-11H,6-8H2,1H3,(H2,22,24)(H,23,25). The largest absolute Gasteiger partial charge is 0.486 e. The number of nitrogen functional groups attached to an aromatic ring is 1. The van der Waals surface area contributed by atoms with E-state index >= 15 is 0 Å². The zero-order valence-electron chi connectivity index (χ0n) is 14.8. The molecule has 1 aliphatic heterocycles. The van der Waals surface area contributed by atoms with Crippen LogP contribution in [-0.2, 0) is 6.42 Å². The van der Waals surface area contributed by atoms with Crippen LogP contribution in [0.4, 0.5) is 21.7 Å². The van der Waals surface area contributed by atoms with E-state index in [0.717, 1.165) is 16.7 Å². The number of hydrogen-bond acceptors (Lipinski definition) is 6. The second kappa shape index (κ2) is 7.11. The van der Waals surface area contributed by atoms with Gasteiger partial charge in [0.05, 0.1) is 5.69 Å². The van der Waals surface area contributed by atoms with Gasteiger partial charge >= 0.3 is 0 Å². The van der Waals surface area contributed by atoms with E-state index in [9.17, 15) is 4.39 Å². The molecule has 3 N–H and O–H groups in total. The maximum atomic E-state index is 14.5. The quantitative estimate of drug-likeness (QED) is 0.734. The number of rotatable bonds is 4. The maximum Gasteiger partial charge on any atom is 0.164 e. The molecule has 6 nitrogen and oxygen atoms in total. The zero-order valence-corrected chi connectivity index (χ0v) is 14.8. The SMILES string of the molecule is Cc1ccnc(Nc2cc3c(cc2F)OCCO3)c1Cc1ccc(N)nc1. The van der Waals surface area contributed by atoms with Crippen LogP contribution in [0.2, 0.25) is 0 Å². The molecule has 0 saturated carbocycles. The Balaban J connectivity index is 1.66. The predicted molar refractivity (Wildman–Crippen MR) is 101 cm³/mol. The normalized spacial score (nSPS) is 12.7. The number of hydrogen-bond donors (Lipinski definition) is 2. The van der Waals surface area contributed by atoms with E-state index in [4.69, 9.17) is 15.2 Å². The summed E-state index contributed by atoms with van der Waals surface area (Å²) in [6, 6.07) is 8.53. The molecule has 138 valence electrons. The highest BCUT2D eigenvalue weighted by molar-refractivity contribution is 5.65. The molecule has 0 unspecified atom stereocenters. The van der Waals surface area contributed by atoms with Gasteiger partial charge in [0.15, 0.2) is 17.3 Å². The molecule has 0 amide bonds. The molecule has 0 fully saturated rings. The van der Waals surface area contributed by atoms with Gasteiger partial charge in [-0.1, -0.05) is 6.07 Å². The number of ether oxygens (including phenoxy) is 2. The highest BCUT2D eigenvalue weighted by Gasteiger charge is 2.17. The molecular formula is C20H19FN4O2. The summed E-state index contributed by atoms with van der Waals surface area (Å²) >= 11 is 0. The second-order valence-electron chi connectivity index (χ2n) is 6.32. The Morgan fingerprint density at radius 1 is 1.11 bits per heavy atom. The fraction of sp³-hybridized carbons (Fsp3) is 0.200. The summed E-state index contributed by atoms with van der Waals surface area (Å²) in [5.41, 5.74) is 8.93. The van der Waals surface area contributed by atoms with Gasteiger partial charge in [-0.25, -0.2) is 14.4 Å². The molecule has 0 radical (unpaired) electrons. The summed E-state index contributed by atoms with van der Waals surface area (Å²) in [6.45, 7) is 2.85. The molecule has 2 aromatic heterocycles. The third kappa shape index (κ3) is 3.62. The lowest BCUT2D eigenvalue weighted by Crippen LogP contribution is -2.16. The summed E-state index contributed by atoms with van der Waals surface area (Å²) in [6.07, 6.45) is 4.02. The van der Waals surface area contributed by atoms with Crippen LogP contribution in [0.5, 0.6) is 11.5 Å². The molecule has 0 saturated heterocycles. The third-order valence-corrected chi connectivity index (χ3v) is 4.40. The molecule has 7 heteroatoms. The van der Waals surface area contributed by atoms with E-state index in [1.54, 1.807) is 24.5 Å². The lowest BCUT2D eigenvalue weighted by Gasteiger charge is -2.20. The number of nitrogens with one attached hydrogen (secondary N) is 1. The third-order valence-electron chi connectivity index (χ3n) is 4.40. The van der Waals surface area contributed by atoms with Gasteiger partial charge in [0.25, 0.3) is 0 Å². The van der Waals surface area contributed by atoms with Crippen molar-refractivity contribution in [2.24, 2.45) is 0 Å². The Morgan fingerprint density at radius 3 is 2.63 bits per heavy atom. The first-order chi connectivity index (χ1) is 13.1. The Bertz CT molecular complexity index is 976. The molecule has 3 aromatic rings. The summed E-state index contributed by atoms with van der Waals surface area (Å²) in [5.74, 6) is 1.56. The van der Waals surface area contributed by atoms with Crippen LogP contribution < -0.4 is 20.5 Å². The van der Waals surface area contributed by atoms with Gasteiger partial charge in [-0.15, -0.1) is 0 Å². The van der Waals surface area contributed by atoms with Gasteiger partial charge in [0.2, 0.25) is 0 Å². The van der Waals surface area contributed by atoms with E-state index in [1.807, 2.05) is 19.1 Å². The van der Waals surface area contributed by atoms with Crippen LogP contribution >= 0.6 is 0 Å². The Hall–Kier alpha value is -3.35. The van der Waals surface area contributed by atoms with Crippen molar-refractivity contribution < 1.29 is 13.9 Å². The maximum absolute atomic E-state index is 14.5. The van der Waals surface area contributed by atoms with Crippen LogP contribution in [0.1, 0.15) is 16.7 Å². The fourth-order valence-corrected chi connectivity index (χ4v) is 2.95. The average molecular weight is 366 g/mol. The van der Waals surface area contributed by atoms with Crippen LogP contribution in [0.25, 0.3) is 0 Å². The molecule has 0 atom stereocenters. The van der Waals surface area contributed by atoms with Crippen LogP contribution in [0.15, 0.2) is 42.7 Å². The highest BCUT2D eigenvalue weighted by Crippen LogP contribution is 2.36. The van der Waals surface area contributed by atoms with E-state index in [1.165, 1.54) is 6.07 Å². The van der Waals surface area contributed by atoms with Crippen LogP contribution in [0.3, 0.4) is 0 Å². The number of benzene rings is 1. The molecule has 1 aliphatic rings. The second-order valence-corrected chi connectivity index (χ2v) is 6.32. The van der Waals surface area contributed by atoms with Crippen molar-refractivity contribution in [3.63, 3.8) is 0 Å². The van der Waals surface area contributed by atoms with Crippen molar-refractivity contribution in [3.8, 4) is 11.5 Å². The minimum absolute atomic E-state index is 0.286. The van der Waals surface area contributed by atoms with Crippen LogP contribution in [-0.4, -0.2) is 23.2 Å². The lowest BCUT2D eigenvalue weighted by atomic mass is 10.0. The van der Waals surface area contributed by atoms with Gasteiger partial charge < -0.3 is 20.5 Å². The number of anilines is 3. The molecular weight excluding hydrogens is 347 g/mol. The molecule has 0 aliphatic carbocycles. The number of pyridine rings is 2. The lowest BCUT2D eigenvalue weighted by molar-refractivity contribution is 0.171. The topological polar surface area (TPSA) is 82.3 Å². The Morgan fingerprint density at radius 2 is 1.89 bits per heavy atom. The number of aromatic nitrogens is 2. The van der Waals surface area contributed by atoms with Gasteiger partial charge in [-0.3, -0.25) is 0 Å². The summed E-state index contributed by atoms with van der Waals surface area (Å²) in [4.78, 5) is 8.53. The van der Waals surface area contributed by atoms with Crippen molar-refractivity contribution in [2.45, 2.75) is 13.3 Å². The number of fused-ring (bicyclic) bond motifs is 1. The molecule has 3 heterocycles. The number of aryl methyl sites for hydroxylation is 1. The first-order valence-electron chi connectivity index (χ1n) is 8.61. The number of nitrogens with zero attached hydrogens (tertiary/aromatic N) is 2. The Kier molecular flexibility index (Phi) is 4.50. The van der Waals surface area contributed by atoms with Crippen LogP contribution in [0, 0.1) is 12.7 Å². The van der Waals surface area contributed by atoms with E-state index < -0.39 is 5.82 Å².